The summed E-state index contributed by atoms with van der Waals surface area (Å²) < 4.78 is 11.1. The molecule has 4 nitrogen and oxygen atoms in total. The summed E-state index contributed by atoms with van der Waals surface area (Å²) >= 11 is 0. The zero-order chi connectivity index (χ0) is 17.6. The standard InChI is InChI=1S/C21H23NO3/c1-15-6-5-7-16(21(15)23)14-22-17-10-12-18(13-11-17)25-20-9-4-3-8-19(20)24-2/h3-4,8-15,22H,5-7H2,1-2H3. The van der Waals surface area contributed by atoms with Crippen molar-refractivity contribution < 1.29 is 14.3 Å². The smallest absolute Gasteiger partial charge is 0.169 e. The average Bonchev–Trinajstić information content (AvgIpc) is 2.64. The van der Waals surface area contributed by atoms with Gasteiger partial charge in [0.25, 0.3) is 0 Å². The zero-order valence-electron chi connectivity index (χ0n) is 14.6. The van der Waals surface area contributed by atoms with Crippen molar-refractivity contribution >= 4 is 11.5 Å². The molecule has 1 unspecified atom stereocenters. The number of allylic oxidation sites excluding steroid dienone is 1. The number of rotatable bonds is 5. The van der Waals surface area contributed by atoms with E-state index in [2.05, 4.69) is 5.32 Å². The van der Waals surface area contributed by atoms with Crippen LogP contribution in [0.4, 0.5) is 5.69 Å². The number of carbonyl (C=O) groups is 1. The Labute approximate surface area is 148 Å². The molecule has 130 valence electrons. The highest BCUT2D eigenvalue weighted by Crippen LogP contribution is 2.31. The maximum atomic E-state index is 12.1. The van der Waals surface area contributed by atoms with E-state index in [0.717, 1.165) is 36.3 Å². The van der Waals surface area contributed by atoms with Crippen LogP contribution in [0.15, 0.2) is 60.3 Å². The van der Waals surface area contributed by atoms with Crippen LogP contribution >= 0.6 is 0 Å². The minimum atomic E-state index is 0.137. The number of Topliss-reactive ketones (excluding diaryl/α,β-unsaturated/α-hetero) is 1. The number of hydrogen-bond acceptors (Lipinski definition) is 4. The van der Waals surface area contributed by atoms with Crippen molar-refractivity contribution in [1.82, 2.24) is 0 Å². The van der Waals surface area contributed by atoms with E-state index in [0.29, 0.717) is 11.5 Å². The predicted octanol–water partition coefficient (Wildman–Crippen LogP) is 5.17. The van der Waals surface area contributed by atoms with Crippen LogP contribution in [-0.4, -0.2) is 12.9 Å². The van der Waals surface area contributed by atoms with Gasteiger partial charge >= 0.3 is 0 Å². The van der Waals surface area contributed by atoms with Crippen molar-refractivity contribution in [2.75, 3.05) is 12.4 Å². The number of methoxy groups -OCH3 is 1. The van der Waals surface area contributed by atoms with Gasteiger partial charge in [0.1, 0.15) is 5.75 Å². The Morgan fingerprint density at radius 3 is 2.52 bits per heavy atom. The Hall–Kier alpha value is -2.75. The number of hydrogen-bond donors (Lipinski definition) is 1. The molecule has 2 aromatic rings. The Balaban J connectivity index is 1.65. The van der Waals surface area contributed by atoms with Gasteiger partial charge in [-0.05, 0) is 55.7 Å². The molecule has 0 radical (unpaired) electrons. The van der Waals surface area contributed by atoms with Gasteiger partial charge in [-0.25, -0.2) is 0 Å². The van der Waals surface area contributed by atoms with Crippen LogP contribution in [0.3, 0.4) is 0 Å². The minimum Gasteiger partial charge on any atom is -0.493 e. The maximum Gasteiger partial charge on any atom is 0.169 e. The predicted molar refractivity (Wildman–Crippen MR) is 99.2 cm³/mol. The average molecular weight is 337 g/mol. The van der Waals surface area contributed by atoms with Crippen molar-refractivity contribution in [3.8, 4) is 17.2 Å². The van der Waals surface area contributed by atoms with Gasteiger partial charge in [0.15, 0.2) is 17.3 Å². The van der Waals surface area contributed by atoms with Crippen LogP contribution in [0.25, 0.3) is 0 Å². The van der Waals surface area contributed by atoms with Gasteiger partial charge in [0.05, 0.1) is 7.11 Å². The fourth-order valence-electron chi connectivity index (χ4n) is 2.93. The van der Waals surface area contributed by atoms with Crippen molar-refractivity contribution in [3.05, 3.63) is 60.3 Å². The molecule has 0 bridgehead atoms. The Kier molecular flexibility index (Phi) is 5.39. The van der Waals surface area contributed by atoms with Crippen LogP contribution in [-0.2, 0) is 4.79 Å². The van der Waals surface area contributed by atoms with Crippen molar-refractivity contribution in [2.45, 2.75) is 26.2 Å². The zero-order valence-corrected chi connectivity index (χ0v) is 14.6. The molecule has 1 saturated carbocycles. The first kappa shape index (κ1) is 17.1. The number of para-hydroxylation sites is 2. The molecule has 1 fully saturated rings. The molecule has 25 heavy (non-hydrogen) atoms. The second kappa shape index (κ2) is 7.88. The van der Waals surface area contributed by atoms with Crippen LogP contribution in [0.2, 0.25) is 0 Å². The van der Waals surface area contributed by atoms with Gasteiger partial charge in [-0.1, -0.05) is 19.1 Å². The van der Waals surface area contributed by atoms with Crippen molar-refractivity contribution in [2.24, 2.45) is 5.92 Å². The molecule has 2 aromatic carbocycles. The molecular weight excluding hydrogens is 314 g/mol. The molecule has 0 aliphatic heterocycles. The molecule has 0 aromatic heterocycles. The summed E-state index contributed by atoms with van der Waals surface area (Å²) in [4.78, 5) is 12.1. The third-order valence-electron chi connectivity index (χ3n) is 4.41. The highest BCUT2D eigenvalue weighted by Gasteiger charge is 2.22. The van der Waals surface area contributed by atoms with E-state index in [1.54, 1.807) is 7.11 Å². The van der Waals surface area contributed by atoms with Crippen LogP contribution in [0.1, 0.15) is 26.2 Å². The SMILES string of the molecule is COc1ccccc1Oc1ccc(NC=C2CCCC(C)C2=O)cc1. The van der Waals surface area contributed by atoms with Crippen LogP contribution in [0, 0.1) is 5.92 Å². The second-order valence-electron chi connectivity index (χ2n) is 6.25. The summed E-state index contributed by atoms with van der Waals surface area (Å²) in [7, 11) is 1.62. The quantitative estimate of drug-likeness (QED) is 0.764. The highest BCUT2D eigenvalue weighted by molar-refractivity contribution is 5.97. The molecule has 1 aliphatic carbocycles. The number of carbonyl (C=O) groups excluding carboxylic acids is 1. The van der Waals surface area contributed by atoms with Gasteiger partial charge in [-0.2, -0.15) is 0 Å². The first-order valence-corrected chi connectivity index (χ1v) is 8.58. The summed E-state index contributed by atoms with van der Waals surface area (Å²) in [5.74, 6) is 2.49. The lowest BCUT2D eigenvalue weighted by molar-refractivity contribution is -0.119. The van der Waals surface area contributed by atoms with E-state index in [-0.39, 0.29) is 11.7 Å². The summed E-state index contributed by atoms with van der Waals surface area (Å²) in [6, 6.07) is 15.2. The van der Waals surface area contributed by atoms with E-state index in [4.69, 9.17) is 9.47 Å². The summed E-state index contributed by atoms with van der Waals surface area (Å²) in [5, 5.41) is 3.22. The fraction of sp³-hybridized carbons (Fsp3) is 0.286. The molecule has 1 N–H and O–H groups in total. The van der Waals surface area contributed by atoms with E-state index in [1.165, 1.54) is 0 Å². The molecule has 4 heteroatoms. The van der Waals surface area contributed by atoms with Gasteiger partial charge in [-0.15, -0.1) is 0 Å². The van der Waals surface area contributed by atoms with Crippen molar-refractivity contribution in [1.29, 1.82) is 0 Å². The van der Waals surface area contributed by atoms with Crippen LogP contribution in [0.5, 0.6) is 17.2 Å². The number of ether oxygens (including phenoxy) is 2. The second-order valence-corrected chi connectivity index (χ2v) is 6.25. The van der Waals surface area contributed by atoms with Gasteiger partial charge in [0, 0.05) is 23.4 Å². The van der Waals surface area contributed by atoms with E-state index in [1.807, 2.05) is 61.7 Å². The Morgan fingerprint density at radius 1 is 1.08 bits per heavy atom. The van der Waals surface area contributed by atoms with E-state index < -0.39 is 0 Å². The Morgan fingerprint density at radius 2 is 1.80 bits per heavy atom. The summed E-state index contributed by atoms with van der Waals surface area (Å²) in [6.07, 6.45) is 4.76. The molecule has 1 atom stereocenters. The summed E-state index contributed by atoms with van der Waals surface area (Å²) in [5.41, 5.74) is 1.80. The largest absolute Gasteiger partial charge is 0.493 e. The lowest BCUT2D eigenvalue weighted by Crippen LogP contribution is -2.19. The highest BCUT2D eigenvalue weighted by atomic mass is 16.5. The summed E-state index contributed by atoms with van der Waals surface area (Å²) in [6.45, 7) is 2.00. The molecule has 0 amide bonds. The molecule has 1 aliphatic rings. The minimum absolute atomic E-state index is 0.137. The number of nitrogens with one attached hydrogen (secondary N) is 1. The third-order valence-corrected chi connectivity index (χ3v) is 4.41. The molecular formula is C21H23NO3. The number of anilines is 1. The lowest BCUT2D eigenvalue weighted by Gasteiger charge is -2.19. The molecule has 0 heterocycles. The van der Waals surface area contributed by atoms with E-state index >= 15 is 0 Å². The maximum absolute atomic E-state index is 12.1. The van der Waals surface area contributed by atoms with Gasteiger partial charge in [-0.3, -0.25) is 4.79 Å². The third kappa shape index (κ3) is 4.21. The monoisotopic (exact) mass is 337 g/mol. The Bertz CT molecular complexity index is 765. The first-order valence-electron chi connectivity index (χ1n) is 8.58. The topological polar surface area (TPSA) is 47.6 Å². The lowest BCUT2D eigenvalue weighted by atomic mass is 9.86. The van der Waals surface area contributed by atoms with Crippen molar-refractivity contribution in [3.63, 3.8) is 0 Å². The van der Waals surface area contributed by atoms with Crippen LogP contribution < -0.4 is 14.8 Å². The van der Waals surface area contributed by atoms with Gasteiger partial charge < -0.3 is 14.8 Å². The normalized spacial score (nSPS) is 18.9. The molecule has 0 spiro atoms. The fourth-order valence-corrected chi connectivity index (χ4v) is 2.93. The first-order chi connectivity index (χ1) is 12.2. The van der Waals surface area contributed by atoms with Gasteiger partial charge in [0.2, 0.25) is 0 Å². The number of ketones is 1. The van der Waals surface area contributed by atoms with E-state index in [9.17, 15) is 4.79 Å². The molecule has 3 rings (SSSR count). The number of benzene rings is 2. The molecule has 0 saturated heterocycles.